The first-order valence-electron chi connectivity index (χ1n) is 8.42. The molecule has 2 aromatic rings. The maximum absolute atomic E-state index is 12.8. The molecule has 7 heteroatoms. The van der Waals surface area contributed by atoms with Gasteiger partial charge in [0.15, 0.2) is 0 Å². The predicted octanol–water partition coefficient (Wildman–Crippen LogP) is 1.69. The lowest BCUT2D eigenvalue weighted by Crippen LogP contribution is -2.44. The lowest BCUT2D eigenvalue weighted by Gasteiger charge is -2.22. The Bertz CT molecular complexity index is 777. The molecule has 3 rings (SSSR count). The van der Waals surface area contributed by atoms with Gasteiger partial charge in [0, 0.05) is 12.2 Å². The van der Waals surface area contributed by atoms with Crippen LogP contribution < -0.4 is 10.2 Å². The van der Waals surface area contributed by atoms with Gasteiger partial charge < -0.3 is 10.2 Å². The molecule has 2 amide bonds. The lowest BCUT2D eigenvalue weighted by molar-refractivity contribution is -0.128. The van der Waals surface area contributed by atoms with Gasteiger partial charge in [-0.1, -0.05) is 17.7 Å². The first-order valence-corrected chi connectivity index (χ1v) is 8.42. The van der Waals surface area contributed by atoms with Gasteiger partial charge in [-0.25, -0.2) is 9.67 Å². The smallest absolute Gasteiger partial charge is 0.249 e. The van der Waals surface area contributed by atoms with Crippen LogP contribution in [0.15, 0.2) is 24.8 Å². The fourth-order valence-electron chi connectivity index (χ4n) is 3.46. The number of carbonyl (C=O) groups is 2. The van der Waals surface area contributed by atoms with Crippen molar-refractivity contribution in [2.45, 2.75) is 46.2 Å². The second kappa shape index (κ2) is 6.66. The van der Waals surface area contributed by atoms with Gasteiger partial charge in [0.25, 0.3) is 0 Å². The third kappa shape index (κ3) is 3.26. The van der Waals surface area contributed by atoms with Gasteiger partial charge in [0.05, 0.1) is 0 Å². The van der Waals surface area contributed by atoms with Crippen molar-refractivity contribution >= 4 is 17.5 Å². The van der Waals surface area contributed by atoms with Crippen LogP contribution in [0.2, 0.25) is 0 Å². The maximum Gasteiger partial charge on any atom is 0.249 e. The van der Waals surface area contributed by atoms with E-state index in [9.17, 15) is 9.59 Å². The Morgan fingerprint density at radius 3 is 2.56 bits per heavy atom. The molecule has 0 spiro atoms. The zero-order chi connectivity index (χ0) is 18.1. The molecule has 2 heterocycles. The number of carbonyl (C=O) groups excluding carboxylic acids is 2. The maximum atomic E-state index is 12.8. The minimum atomic E-state index is -0.507. The Kier molecular flexibility index (Phi) is 4.57. The van der Waals surface area contributed by atoms with E-state index in [4.69, 9.17) is 0 Å². The fraction of sp³-hybridized carbons (Fsp3) is 0.444. The van der Waals surface area contributed by atoms with Crippen molar-refractivity contribution in [2.75, 3.05) is 11.4 Å². The average molecular weight is 341 g/mol. The second-order valence-corrected chi connectivity index (χ2v) is 6.64. The number of hydrogen-bond donors (Lipinski definition) is 1. The van der Waals surface area contributed by atoms with Crippen LogP contribution in [0.25, 0.3) is 0 Å². The molecule has 0 radical (unpaired) electrons. The summed E-state index contributed by atoms with van der Waals surface area (Å²) in [6.45, 7) is 8.41. The fourth-order valence-corrected chi connectivity index (χ4v) is 3.46. The highest BCUT2D eigenvalue weighted by Crippen LogP contribution is 2.30. The highest BCUT2D eigenvalue weighted by Gasteiger charge is 2.35. The summed E-state index contributed by atoms with van der Waals surface area (Å²) >= 11 is 0. The zero-order valence-corrected chi connectivity index (χ0v) is 15.0. The van der Waals surface area contributed by atoms with Gasteiger partial charge >= 0.3 is 0 Å². The molecule has 0 aliphatic carbocycles. The number of hydrogen-bond acceptors (Lipinski definition) is 4. The van der Waals surface area contributed by atoms with Gasteiger partial charge in [0.2, 0.25) is 11.8 Å². The highest BCUT2D eigenvalue weighted by molar-refractivity contribution is 6.02. The number of rotatable bonds is 4. The Labute approximate surface area is 147 Å². The quantitative estimate of drug-likeness (QED) is 0.918. The molecule has 2 atom stereocenters. The van der Waals surface area contributed by atoms with E-state index in [1.807, 2.05) is 20.8 Å². The standard InChI is InChI=1S/C18H23N5O2/c1-11-7-12(2)16(13(3)8-11)22-6-5-15(18(22)25)21-17(24)14(4)23-10-19-9-20-23/h7-10,14-15H,5-6H2,1-4H3,(H,21,24)/t14-,15-/m0/s1. The molecule has 132 valence electrons. The molecule has 7 nitrogen and oxygen atoms in total. The predicted molar refractivity (Wildman–Crippen MR) is 94.3 cm³/mol. The minimum absolute atomic E-state index is 0.0609. The summed E-state index contributed by atoms with van der Waals surface area (Å²) in [6, 6.07) is 3.15. The van der Waals surface area contributed by atoms with Crippen molar-refractivity contribution in [3.8, 4) is 0 Å². The normalized spacial score (nSPS) is 18.5. The molecule has 0 saturated carbocycles. The highest BCUT2D eigenvalue weighted by atomic mass is 16.2. The van der Waals surface area contributed by atoms with Gasteiger partial charge in [-0.05, 0) is 45.2 Å². The van der Waals surface area contributed by atoms with E-state index in [2.05, 4.69) is 27.5 Å². The van der Waals surface area contributed by atoms with Crippen molar-refractivity contribution < 1.29 is 9.59 Å². The summed E-state index contributed by atoms with van der Waals surface area (Å²) in [5.74, 6) is -0.294. The van der Waals surface area contributed by atoms with Crippen LogP contribution >= 0.6 is 0 Å². The van der Waals surface area contributed by atoms with Gasteiger partial charge in [-0.15, -0.1) is 0 Å². The Balaban J connectivity index is 1.73. The van der Waals surface area contributed by atoms with Crippen LogP contribution in [0.3, 0.4) is 0 Å². The second-order valence-electron chi connectivity index (χ2n) is 6.64. The van der Waals surface area contributed by atoms with E-state index in [1.165, 1.54) is 22.9 Å². The van der Waals surface area contributed by atoms with Crippen LogP contribution in [0.1, 0.15) is 36.1 Å². The number of aryl methyl sites for hydroxylation is 3. The monoisotopic (exact) mass is 341 g/mol. The zero-order valence-electron chi connectivity index (χ0n) is 15.0. The number of anilines is 1. The first kappa shape index (κ1) is 17.1. The summed E-state index contributed by atoms with van der Waals surface area (Å²) in [4.78, 5) is 30.8. The Hall–Kier alpha value is -2.70. The lowest BCUT2D eigenvalue weighted by atomic mass is 10.0. The molecule has 1 saturated heterocycles. The molecule has 1 aliphatic heterocycles. The summed E-state index contributed by atoms with van der Waals surface area (Å²) < 4.78 is 1.47. The van der Waals surface area contributed by atoms with Crippen molar-refractivity contribution in [2.24, 2.45) is 0 Å². The number of amides is 2. The Morgan fingerprint density at radius 1 is 1.28 bits per heavy atom. The number of benzene rings is 1. The molecule has 1 aromatic carbocycles. The SMILES string of the molecule is Cc1cc(C)c(N2CC[C@H](NC(=O)[C@H](C)n3cncn3)C2=O)c(C)c1. The summed E-state index contributed by atoms with van der Waals surface area (Å²) in [5, 5.41) is 6.82. The molecular formula is C18H23N5O2. The van der Waals surface area contributed by atoms with Crippen molar-refractivity contribution in [1.82, 2.24) is 20.1 Å². The molecule has 1 N–H and O–H groups in total. The molecule has 25 heavy (non-hydrogen) atoms. The topological polar surface area (TPSA) is 80.1 Å². The molecule has 1 aromatic heterocycles. The number of nitrogens with zero attached hydrogens (tertiary/aromatic N) is 4. The summed E-state index contributed by atoms with van der Waals surface area (Å²) in [6.07, 6.45) is 3.47. The number of aromatic nitrogens is 3. The molecule has 0 bridgehead atoms. The number of nitrogens with one attached hydrogen (secondary N) is 1. The van der Waals surface area contributed by atoms with E-state index in [1.54, 1.807) is 11.8 Å². The third-order valence-corrected chi connectivity index (χ3v) is 4.64. The molecule has 1 aliphatic rings. The van der Waals surface area contributed by atoms with Crippen LogP contribution in [-0.2, 0) is 9.59 Å². The molecular weight excluding hydrogens is 318 g/mol. The van der Waals surface area contributed by atoms with Gasteiger partial charge in [0.1, 0.15) is 24.7 Å². The third-order valence-electron chi connectivity index (χ3n) is 4.64. The van der Waals surface area contributed by atoms with Crippen molar-refractivity contribution in [3.05, 3.63) is 41.5 Å². The van der Waals surface area contributed by atoms with Crippen molar-refractivity contribution in [1.29, 1.82) is 0 Å². The van der Waals surface area contributed by atoms with E-state index < -0.39 is 12.1 Å². The van der Waals surface area contributed by atoms with Gasteiger partial charge in [-0.2, -0.15) is 5.10 Å². The minimum Gasteiger partial charge on any atom is -0.342 e. The summed E-state index contributed by atoms with van der Waals surface area (Å²) in [5.41, 5.74) is 4.29. The Morgan fingerprint density at radius 2 is 1.96 bits per heavy atom. The first-order chi connectivity index (χ1) is 11.9. The van der Waals surface area contributed by atoms with E-state index in [0.717, 1.165) is 16.8 Å². The van der Waals surface area contributed by atoms with Gasteiger partial charge in [-0.3, -0.25) is 9.59 Å². The molecule has 1 fully saturated rings. The van der Waals surface area contributed by atoms with Crippen LogP contribution in [0, 0.1) is 20.8 Å². The van der Waals surface area contributed by atoms with Crippen LogP contribution in [0.5, 0.6) is 0 Å². The largest absolute Gasteiger partial charge is 0.342 e. The van der Waals surface area contributed by atoms with Crippen LogP contribution in [0.4, 0.5) is 5.69 Å². The molecule has 0 unspecified atom stereocenters. The van der Waals surface area contributed by atoms with E-state index >= 15 is 0 Å². The van der Waals surface area contributed by atoms with Crippen molar-refractivity contribution in [3.63, 3.8) is 0 Å². The average Bonchev–Trinajstić information content (AvgIpc) is 3.18. The van der Waals surface area contributed by atoms with E-state index in [0.29, 0.717) is 13.0 Å². The summed E-state index contributed by atoms with van der Waals surface area (Å²) in [7, 11) is 0. The van der Waals surface area contributed by atoms with Crippen LogP contribution in [-0.4, -0.2) is 39.2 Å². The van der Waals surface area contributed by atoms with E-state index in [-0.39, 0.29) is 11.8 Å².